The summed E-state index contributed by atoms with van der Waals surface area (Å²) in [7, 11) is 0. The number of carboxylic acid groups (broad SMARTS) is 1. The first-order valence-electron chi connectivity index (χ1n) is 6.88. The maximum atomic E-state index is 12.4. The first-order valence-corrected chi connectivity index (χ1v) is 6.88. The zero-order chi connectivity index (χ0) is 14.5. The summed E-state index contributed by atoms with van der Waals surface area (Å²) in [5, 5.41) is 12.3. The fourth-order valence-corrected chi connectivity index (χ4v) is 2.79. The van der Waals surface area contributed by atoms with Crippen LogP contribution in [0.1, 0.15) is 36.8 Å². The summed E-state index contributed by atoms with van der Waals surface area (Å²) < 4.78 is 24.8. The van der Waals surface area contributed by atoms with Crippen molar-refractivity contribution in [1.29, 1.82) is 0 Å². The topological polar surface area (TPSA) is 49.3 Å². The van der Waals surface area contributed by atoms with Crippen LogP contribution in [0.4, 0.5) is 8.78 Å². The maximum Gasteiger partial charge on any atom is 0.306 e. The van der Waals surface area contributed by atoms with Gasteiger partial charge in [-0.1, -0.05) is 30.7 Å². The molecule has 0 spiro atoms. The summed E-state index contributed by atoms with van der Waals surface area (Å²) >= 11 is 0. The minimum Gasteiger partial charge on any atom is -0.481 e. The van der Waals surface area contributed by atoms with Gasteiger partial charge in [0.25, 0.3) is 6.43 Å². The standard InChI is InChI=1S/C15H19F2NO2/c16-14(17)11-6-4-10(5-7-11)8-18-9-12-2-1-3-13(12)15(19)20/h4-7,12-14,18H,1-3,8-9H2,(H,19,20). The van der Waals surface area contributed by atoms with Crippen molar-refractivity contribution in [3.8, 4) is 0 Å². The van der Waals surface area contributed by atoms with Crippen LogP contribution in [0.25, 0.3) is 0 Å². The fourth-order valence-electron chi connectivity index (χ4n) is 2.79. The van der Waals surface area contributed by atoms with E-state index in [1.807, 2.05) is 0 Å². The van der Waals surface area contributed by atoms with Gasteiger partial charge in [-0.15, -0.1) is 0 Å². The molecule has 2 rings (SSSR count). The Balaban J connectivity index is 1.79. The molecule has 3 nitrogen and oxygen atoms in total. The lowest BCUT2D eigenvalue weighted by Crippen LogP contribution is -2.28. The van der Waals surface area contributed by atoms with Gasteiger partial charge in [0.15, 0.2) is 0 Å². The number of halogens is 2. The number of rotatable bonds is 6. The van der Waals surface area contributed by atoms with Crippen molar-refractivity contribution in [2.24, 2.45) is 11.8 Å². The van der Waals surface area contributed by atoms with Gasteiger partial charge < -0.3 is 10.4 Å². The van der Waals surface area contributed by atoms with E-state index in [9.17, 15) is 13.6 Å². The van der Waals surface area contributed by atoms with Gasteiger partial charge in [-0.25, -0.2) is 8.78 Å². The van der Waals surface area contributed by atoms with E-state index < -0.39 is 12.4 Å². The van der Waals surface area contributed by atoms with E-state index in [0.29, 0.717) is 13.1 Å². The number of hydrogen-bond acceptors (Lipinski definition) is 2. The Hall–Kier alpha value is -1.49. The lowest BCUT2D eigenvalue weighted by atomic mass is 9.96. The highest BCUT2D eigenvalue weighted by molar-refractivity contribution is 5.70. The second kappa shape index (κ2) is 6.79. The number of nitrogens with one attached hydrogen (secondary N) is 1. The SMILES string of the molecule is O=C(O)C1CCCC1CNCc1ccc(C(F)F)cc1. The highest BCUT2D eigenvalue weighted by Crippen LogP contribution is 2.31. The smallest absolute Gasteiger partial charge is 0.306 e. The lowest BCUT2D eigenvalue weighted by Gasteiger charge is -2.16. The van der Waals surface area contributed by atoms with Crippen molar-refractivity contribution in [3.63, 3.8) is 0 Å². The molecular weight excluding hydrogens is 264 g/mol. The highest BCUT2D eigenvalue weighted by atomic mass is 19.3. The number of carbonyl (C=O) groups is 1. The van der Waals surface area contributed by atoms with Crippen molar-refractivity contribution >= 4 is 5.97 Å². The molecule has 2 unspecified atom stereocenters. The third-order valence-corrected chi connectivity index (χ3v) is 3.94. The third-order valence-electron chi connectivity index (χ3n) is 3.94. The number of benzene rings is 1. The van der Waals surface area contributed by atoms with Crippen LogP contribution >= 0.6 is 0 Å². The minimum atomic E-state index is -2.44. The zero-order valence-corrected chi connectivity index (χ0v) is 11.2. The molecule has 0 amide bonds. The van der Waals surface area contributed by atoms with Gasteiger partial charge in [0, 0.05) is 12.1 Å². The van der Waals surface area contributed by atoms with E-state index in [2.05, 4.69) is 5.32 Å². The number of aliphatic carboxylic acids is 1. The van der Waals surface area contributed by atoms with E-state index in [1.54, 1.807) is 12.1 Å². The Labute approximate surface area is 117 Å². The van der Waals surface area contributed by atoms with Crippen LogP contribution in [0.2, 0.25) is 0 Å². The molecule has 1 aliphatic rings. The number of carboxylic acids is 1. The minimum absolute atomic E-state index is 0.0236. The molecule has 0 aliphatic heterocycles. The van der Waals surface area contributed by atoms with E-state index in [0.717, 1.165) is 24.8 Å². The van der Waals surface area contributed by atoms with Crippen molar-refractivity contribution in [2.45, 2.75) is 32.2 Å². The van der Waals surface area contributed by atoms with Gasteiger partial charge in [-0.05, 0) is 30.9 Å². The van der Waals surface area contributed by atoms with Crippen LogP contribution in [0.5, 0.6) is 0 Å². The molecule has 0 aromatic heterocycles. The summed E-state index contributed by atoms with van der Waals surface area (Å²) in [6, 6.07) is 6.21. The summed E-state index contributed by atoms with van der Waals surface area (Å²) in [6.07, 6.45) is 0.220. The van der Waals surface area contributed by atoms with Gasteiger partial charge >= 0.3 is 5.97 Å². The Morgan fingerprint density at radius 2 is 2.00 bits per heavy atom. The van der Waals surface area contributed by atoms with Gasteiger partial charge in [-0.3, -0.25) is 4.79 Å². The summed E-state index contributed by atoms with van der Waals surface area (Å²) in [6.45, 7) is 1.24. The fraction of sp³-hybridized carbons (Fsp3) is 0.533. The lowest BCUT2D eigenvalue weighted by molar-refractivity contribution is -0.142. The van der Waals surface area contributed by atoms with Crippen LogP contribution in [0.15, 0.2) is 24.3 Å². The van der Waals surface area contributed by atoms with Crippen molar-refractivity contribution in [3.05, 3.63) is 35.4 Å². The molecule has 5 heteroatoms. The van der Waals surface area contributed by atoms with Gasteiger partial charge in [0.2, 0.25) is 0 Å². The predicted molar refractivity (Wildman–Crippen MR) is 71.6 cm³/mol. The van der Waals surface area contributed by atoms with Gasteiger partial charge in [-0.2, -0.15) is 0 Å². The first kappa shape index (κ1) is 14.9. The average molecular weight is 283 g/mol. The molecule has 2 atom stereocenters. The second-order valence-corrected chi connectivity index (χ2v) is 5.31. The van der Waals surface area contributed by atoms with Gasteiger partial charge in [0.1, 0.15) is 0 Å². The van der Waals surface area contributed by atoms with Gasteiger partial charge in [0.05, 0.1) is 5.92 Å². The molecule has 20 heavy (non-hydrogen) atoms. The first-order chi connectivity index (χ1) is 9.58. The van der Waals surface area contributed by atoms with Crippen molar-refractivity contribution in [1.82, 2.24) is 5.32 Å². The molecular formula is C15H19F2NO2. The Kier molecular flexibility index (Phi) is 5.06. The molecule has 0 radical (unpaired) electrons. The third kappa shape index (κ3) is 3.76. The summed E-state index contributed by atoms with van der Waals surface area (Å²) in [4.78, 5) is 11.0. The van der Waals surface area contributed by atoms with Crippen molar-refractivity contribution < 1.29 is 18.7 Å². The molecule has 1 saturated carbocycles. The second-order valence-electron chi connectivity index (χ2n) is 5.31. The molecule has 1 fully saturated rings. The average Bonchev–Trinajstić information content (AvgIpc) is 2.88. The van der Waals surface area contributed by atoms with Crippen LogP contribution in [-0.2, 0) is 11.3 Å². The monoisotopic (exact) mass is 283 g/mol. The van der Waals surface area contributed by atoms with Crippen LogP contribution in [0.3, 0.4) is 0 Å². The molecule has 1 aliphatic carbocycles. The number of hydrogen-bond donors (Lipinski definition) is 2. The molecule has 110 valence electrons. The quantitative estimate of drug-likeness (QED) is 0.842. The largest absolute Gasteiger partial charge is 0.481 e. The van der Waals surface area contributed by atoms with E-state index in [1.165, 1.54) is 12.1 Å². The maximum absolute atomic E-state index is 12.4. The molecule has 2 N–H and O–H groups in total. The Morgan fingerprint density at radius 3 is 2.60 bits per heavy atom. The number of alkyl halides is 2. The van der Waals surface area contributed by atoms with Crippen LogP contribution in [0, 0.1) is 11.8 Å². The normalized spacial score (nSPS) is 22.4. The Bertz CT molecular complexity index is 448. The molecule has 1 aromatic rings. The molecule has 0 saturated heterocycles. The zero-order valence-electron chi connectivity index (χ0n) is 11.2. The summed E-state index contributed by atoms with van der Waals surface area (Å²) in [5.41, 5.74) is 0.953. The summed E-state index contributed by atoms with van der Waals surface area (Å²) in [5.74, 6) is -0.785. The van der Waals surface area contributed by atoms with Crippen molar-refractivity contribution in [2.75, 3.05) is 6.54 Å². The Morgan fingerprint density at radius 1 is 1.30 bits per heavy atom. The van der Waals surface area contributed by atoms with Crippen LogP contribution < -0.4 is 5.32 Å². The van der Waals surface area contributed by atoms with E-state index in [4.69, 9.17) is 5.11 Å². The van der Waals surface area contributed by atoms with Crippen LogP contribution in [-0.4, -0.2) is 17.6 Å². The van der Waals surface area contributed by atoms with E-state index >= 15 is 0 Å². The molecule has 0 heterocycles. The highest BCUT2D eigenvalue weighted by Gasteiger charge is 2.32. The molecule has 1 aromatic carbocycles. The van der Waals surface area contributed by atoms with E-state index in [-0.39, 0.29) is 17.4 Å². The molecule has 0 bridgehead atoms. The predicted octanol–water partition coefficient (Wildman–Crippen LogP) is 3.21.